The van der Waals surface area contributed by atoms with E-state index in [1.165, 1.54) is 39.2 Å². The number of rotatable bonds is 3. The predicted octanol–water partition coefficient (Wildman–Crippen LogP) is 7.74. The lowest BCUT2D eigenvalue weighted by Gasteiger charge is -2.16. The van der Waals surface area contributed by atoms with Crippen LogP contribution in [-0.4, -0.2) is 24.1 Å². The van der Waals surface area contributed by atoms with E-state index in [1.807, 2.05) is 0 Å². The number of fused-ring (bicyclic) bond motifs is 1. The maximum Gasteiger partial charge on any atom is 0.673 e. The molecule has 0 N–H and O–H groups in total. The average Bonchev–Trinajstić information content (AvgIpc) is 2.92. The topological polar surface area (TPSA) is 3.01 Å². The van der Waals surface area contributed by atoms with Gasteiger partial charge in [-0.3, -0.25) is 0 Å². The first kappa shape index (κ1) is 22.8. The fraction of sp³-hybridized carbons (Fsp3) is 0.240. The minimum absolute atomic E-state index is 0.0886. The van der Waals surface area contributed by atoms with Crippen LogP contribution in [0, 0.1) is 0 Å². The van der Waals surface area contributed by atoms with E-state index in [0.717, 1.165) is 6.54 Å². The minimum atomic E-state index is -6.00. The maximum atomic E-state index is 9.75. The molecule has 0 saturated carbocycles. The van der Waals surface area contributed by atoms with Crippen LogP contribution in [0.15, 0.2) is 72.8 Å². The van der Waals surface area contributed by atoms with Crippen LogP contribution in [0.5, 0.6) is 0 Å². The Bertz CT molecular complexity index is 1080. The van der Waals surface area contributed by atoms with Crippen LogP contribution in [0.2, 0.25) is 0 Å². The predicted molar refractivity (Wildman–Crippen MR) is 122 cm³/mol. The molecule has 3 aromatic rings. The van der Waals surface area contributed by atoms with Gasteiger partial charge in [0, 0.05) is 18.6 Å². The van der Waals surface area contributed by atoms with Crippen molar-refractivity contribution >= 4 is 18.7 Å². The molecule has 6 heteroatoms. The molecule has 0 spiro atoms. The molecular formula is C25H26BF4N. The highest BCUT2D eigenvalue weighted by Crippen LogP contribution is 2.41. The number of halogens is 4. The van der Waals surface area contributed by atoms with E-state index in [4.69, 9.17) is 0 Å². The van der Waals surface area contributed by atoms with Crippen molar-refractivity contribution in [2.24, 2.45) is 0 Å². The van der Waals surface area contributed by atoms with Gasteiger partial charge < -0.3 is 17.3 Å². The zero-order valence-corrected chi connectivity index (χ0v) is 18.2. The first-order valence-corrected chi connectivity index (χ1v) is 10.3. The van der Waals surface area contributed by atoms with Crippen molar-refractivity contribution in [1.82, 2.24) is 0 Å². The third-order valence-corrected chi connectivity index (χ3v) is 5.91. The number of hydrogen-bond acceptors (Lipinski definition) is 0. The second kappa shape index (κ2) is 8.70. The fourth-order valence-corrected chi connectivity index (χ4v) is 4.06. The standard InChI is InChI=1S/C25H26N.BF4/c1-5-26-18(2)25(3,4)23-17-22(15-16-24(23)26)21-13-11-20(12-14-21)19-9-7-6-8-10-19;2-1(3,4)5/h6-17H,5H2,1-4H3;/q+1;-1. The molecule has 0 atom stereocenters. The maximum absolute atomic E-state index is 9.75. The zero-order valence-electron chi connectivity index (χ0n) is 18.2. The smallest absolute Gasteiger partial charge is 0.418 e. The highest BCUT2D eigenvalue weighted by Gasteiger charge is 2.42. The van der Waals surface area contributed by atoms with Gasteiger partial charge in [0.2, 0.25) is 5.69 Å². The number of hydrogen-bond donors (Lipinski definition) is 0. The summed E-state index contributed by atoms with van der Waals surface area (Å²) in [6.45, 7) is 10.2. The van der Waals surface area contributed by atoms with E-state index in [0.29, 0.717) is 0 Å². The third kappa shape index (κ3) is 5.06. The molecule has 0 aliphatic carbocycles. The second-order valence-corrected chi connectivity index (χ2v) is 8.12. The zero-order chi connectivity index (χ0) is 22.8. The van der Waals surface area contributed by atoms with Crippen molar-refractivity contribution in [3.63, 3.8) is 0 Å². The molecular weight excluding hydrogens is 401 g/mol. The first-order valence-electron chi connectivity index (χ1n) is 10.3. The molecule has 3 aromatic carbocycles. The van der Waals surface area contributed by atoms with E-state index in [1.54, 1.807) is 0 Å². The Kier molecular flexibility index (Phi) is 6.39. The van der Waals surface area contributed by atoms with Gasteiger partial charge in [-0.15, -0.1) is 0 Å². The molecule has 0 bridgehead atoms. The molecule has 0 fully saturated rings. The quantitative estimate of drug-likeness (QED) is 0.229. The van der Waals surface area contributed by atoms with Crippen LogP contribution in [-0.2, 0) is 5.41 Å². The second-order valence-electron chi connectivity index (χ2n) is 8.12. The third-order valence-electron chi connectivity index (χ3n) is 5.91. The molecule has 1 aliphatic heterocycles. The lowest BCUT2D eigenvalue weighted by atomic mass is 9.81. The Morgan fingerprint density at radius 3 is 1.71 bits per heavy atom. The summed E-state index contributed by atoms with van der Waals surface area (Å²) >= 11 is 0. The van der Waals surface area contributed by atoms with Gasteiger partial charge in [0.25, 0.3) is 0 Å². The first-order chi connectivity index (χ1) is 14.5. The lowest BCUT2D eigenvalue weighted by Crippen LogP contribution is -2.26. The van der Waals surface area contributed by atoms with Gasteiger partial charge in [-0.05, 0) is 55.2 Å². The molecule has 0 unspecified atom stereocenters. The van der Waals surface area contributed by atoms with Crippen molar-refractivity contribution in [2.45, 2.75) is 33.1 Å². The Balaban J connectivity index is 0.000000491. The van der Waals surface area contributed by atoms with Crippen LogP contribution in [0.1, 0.15) is 33.3 Å². The van der Waals surface area contributed by atoms with Crippen molar-refractivity contribution in [2.75, 3.05) is 6.54 Å². The van der Waals surface area contributed by atoms with Crippen LogP contribution in [0.3, 0.4) is 0 Å². The largest absolute Gasteiger partial charge is 0.673 e. The van der Waals surface area contributed by atoms with E-state index >= 15 is 0 Å². The lowest BCUT2D eigenvalue weighted by molar-refractivity contribution is -0.434. The summed E-state index contributed by atoms with van der Waals surface area (Å²) in [6, 6.07) is 26.4. The average molecular weight is 427 g/mol. The van der Waals surface area contributed by atoms with E-state index < -0.39 is 7.25 Å². The van der Waals surface area contributed by atoms with Crippen LogP contribution in [0.25, 0.3) is 22.3 Å². The van der Waals surface area contributed by atoms with E-state index in [2.05, 4.69) is 105 Å². The summed E-state index contributed by atoms with van der Waals surface area (Å²) in [5.74, 6) is 0. The van der Waals surface area contributed by atoms with E-state index in [9.17, 15) is 17.3 Å². The monoisotopic (exact) mass is 427 g/mol. The van der Waals surface area contributed by atoms with Crippen molar-refractivity contribution < 1.29 is 21.8 Å². The molecule has 1 heterocycles. The van der Waals surface area contributed by atoms with Crippen molar-refractivity contribution in [3.05, 3.63) is 78.4 Å². The minimum Gasteiger partial charge on any atom is -0.418 e. The molecule has 1 aliphatic rings. The fourth-order valence-electron chi connectivity index (χ4n) is 4.06. The van der Waals surface area contributed by atoms with Crippen molar-refractivity contribution in [1.29, 1.82) is 0 Å². The van der Waals surface area contributed by atoms with Crippen molar-refractivity contribution in [3.8, 4) is 22.3 Å². The highest BCUT2D eigenvalue weighted by molar-refractivity contribution is 6.50. The number of benzene rings is 3. The Hall–Kier alpha value is -2.89. The Morgan fingerprint density at radius 2 is 1.19 bits per heavy atom. The molecule has 0 aromatic heterocycles. The van der Waals surface area contributed by atoms with Crippen LogP contribution in [0.4, 0.5) is 23.0 Å². The van der Waals surface area contributed by atoms with Gasteiger partial charge in [-0.2, -0.15) is 4.58 Å². The molecule has 0 saturated heterocycles. The Morgan fingerprint density at radius 1 is 0.742 bits per heavy atom. The summed E-state index contributed by atoms with van der Waals surface area (Å²) in [5.41, 5.74) is 9.41. The van der Waals surface area contributed by atoms with Gasteiger partial charge in [0.1, 0.15) is 6.54 Å². The summed E-state index contributed by atoms with van der Waals surface area (Å²) in [6.07, 6.45) is 0. The summed E-state index contributed by atoms with van der Waals surface area (Å²) in [4.78, 5) is 0. The van der Waals surface area contributed by atoms with E-state index in [-0.39, 0.29) is 5.41 Å². The SMILES string of the molecule is CC[N+]1=C(C)C(C)(C)c2cc(-c3ccc(-c4ccccc4)cc3)ccc21.F[B-](F)(F)F. The van der Waals surface area contributed by atoms with Gasteiger partial charge in [-0.1, -0.05) is 54.6 Å². The highest BCUT2D eigenvalue weighted by atomic mass is 19.5. The number of nitrogens with zero attached hydrogens (tertiary/aromatic N) is 1. The van der Waals surface area contributed by atoms with Gasteiger partial charge in [0.15, 0.2) is 5.71 Å². The molecule has 4 rings (SSSR count). The van der Waals surface area contributed by atoms with Gasteiger partial charge in [-0.25, -0.2) is 0 Å². The Labute approximate surface area is 181 Å². The molecule has 0 amide bonds. The van der Waals surface area contributed by atoms with Crippen LogP contribution >= 0.6 is 0 Å². The summed E-state index contributed by atoms with van der Waals surface area (Å²) in [5, 5.41) is 0. The molecule has 162 valence electrons. The summed E-state index contributed by atoms with van der Waals surface area (Å²) < 4.78 is 41.4. The van der Waals surface area contributed by atoms with Gasteiger partial charge in [0.05, 0.1) is 5.41 Å². The molecule has 1 nitrogen and oxygen atoms in total. The molecule has 0 radical (unpaired) electrons. The molecule has 31 heavy (non-hydrogen) atoms. The van der Waals surface area contributed by atoms with Gasteiger partial charge >= 0.3 is 7.25 Å². The summed E-state index contributed by atoms with van der Waals surface area (Å²) in [7, 11) is -6.00. The van der Waals surface area contributed by atoms with Crippen LogP contribution < -0.4 is 0 Å². The normalized spacial score (nSPS) is 14.7.